The van der Waals surface area contributed by atoms with E-state index in [9.17, 15) is 30.0 Å². The van der Waals surface area contributed by atoms with Crippen LogP contribution in [0.5, 0.6) is 5.75 Å². The van der Waals surface area contributed by atoms with Crippen LogP contribution in [0.1, 0.15) is 25.6 Å². The van der Waals surface area contributed by atoms with Crippen molar-refractivity contribution >= 4 is 28.5 Å². The maximum atomic E-state index is 12.5. The van der Waals surface area contributed by atoms with Gasteiger partial charge in [-0.05, 0) is 23.6 Å². The van der Waals surface area contributed by atoms with Crippen molar-refractivity contribution in [3.8, 4) is 5.75 Å². The summed E-state index contributed by atoms with van der Waals surface area (Å²) in [6.07, 6.45) is -5.50. The maximum Gasteiger partial charge on any atom is 0.231 e. The summed E-state index contributed by atoms with van der Waals surface area (Å²) in [6, 6.07) is 5.49. The van der Waals surface area contributed by atoms with Crippen LogP contribution in [-0.4, -0.2) is 82.0 Å². The Morgan fingerprint density at radius 1 is 1.11 bits per heavy atom. The Bertz CT molecular complexity index is 1250. The minimum absolute atomic E-state index is 0.150. The highest BCUT2D eigenvalue weighted by Crippen LogP contribution is 2.34. The third-order valence-electron chi connectivity index (χ3n) is 6.15. The molecule has 13 nitrogen and oxygen atoms in total. The number of nitrogens with zero attached hydrogens (tertiary/aromatic N) is 4. The second kappa shape index (κ2) is 10.2. The summed E-state index contributed by atoms with van der Waals surface area (Å²) in [4.78, 5) is 37.4. The number of nitrogens with two attached hydrogens (primary N) is 1. The Labute approximate surface area is 205 Å². The summed E-state index contributed by atoms with van der Waals surface area (Å²) in [6.45, 7) is 3.69. The number of hydrogen-bond donors (Lipinski definition) is 6. The zero-order chi connectivity index (χ0) is 26.1. The monoisotopic (exact) mass is 500 g/mol. The predicted molar refractivity (Wildman–Crippen MR) is 126 cm³/mol. The first-order valence-corrected chi connectivity index (χ1v) is 11.3. The second-order valence-corrected chi connectivity index (χ2v) is 8.98. The summed E-state index contributed by atoms with van der Waals surface area (Å²) in [5.74, 6) is -1.99. The standard InChI is InChI=1S/C23H28N6O7/c1-10(2)13(24)15(31)16(32)17(33)20-18(34)19(35)23(36-20)29-9-28-14-21(26-8-27-22(14)29)25-7-11-3-5-12(30)6-4-11/h3-6,8-10,13,17-20,23,30,33-35H,7,24H2,1-2H3,(H,25,26,27)/t13-,17?,18-,19+,20+,23+/m0/s1. The summed E-state index contributed by atoms with van der Waals surface area (Å²) < 4.78 is 6.99. The van der Waals surface area contributed by atoms with Gasteiger partial charge in [0.1, 0.15) is 36.5 Å². The van der Waals surface area contributed by atoms with E-state index in [1.165, 1.54) is 17.2 Å². The van der Waals surface area contributed by atoms with Crippen LogP contribution in [0.15, 0.2) is 36.9 Å². The maximum absolute atomic E-state index is 12.5. The fraction of sp³-hybridized carbons (Fsp3) is 0.435. The number of phenols is 1. The lowest BCUT2D eigenvalue weighted by Gasteiger charge is -2.21. The van der Waals surface area contributed by atoms with E-state index < -0.39 is 48.3 Å². The van der Waals surface area contributed by atoms with Gasteiger partial charge in [0.05, 0.1) is 12.4 Å². The van der Waals surface area contributed by atoms with Crippen molar-refractivity contribution in [2.45, 2.75) is 57.1 Å². The van der Waals surface area contributed by atoms with Gasteiger partial charge in [0.25, 0.3) is 0 Å². The van der Waals surface area contributed by atoms with Crippen LogP contribution in [0, 0.1) is 5.92 Å². The predicted octanol–water partition coefficient (Wildman–Crippen LogP) is -0.754. The molecule has 1 unspecified atom stereocenters. The van der Waals surface area contributed by atoms with Crippen molar-refractivity contribution < 1.29 is 34.8 Å². The lowest BCUT2D eigenvalue weighted by Crippen LogP contribution is -2.50. The van der Waals surface area contributed by atoms with E-state index in [2.05, 4.69) is 20.3 Å². The molecule has 7 N–H and O–H groups in total. The molecule has 0 spiro atoms. The number of ketones is 2. The molecule has 0 saturated carbocycles. The fourth-order valence-corrected chi connectivity index (χ4v) is 3.91. The number of fused-ring (bicyclic) bond motifs is 1. The minimum atomic E-state index is -2.02. The van der Waals surface area contributed by atoms with Crippen molar-refractivity contribution in [3.63, 3.8) is 0 Å². The van der Waals surface area contributed by atoms with Gasteiger partial charge in [-0.3, -0.25) is 14.2 Å². The van der Waals surface area contributed by atoms with Crippen molar-refractivity contribution in [3.05, 3.63) is 42.5 Å². The Balaban J connectivity index is 1.53. The van der Waals surface area contributed by atoms with Crippen molar-refractivity contribution in [1.29, 1.82) is 0 Å². The first kappa shape index (κ1) is 25.6. The molecule has 1 aliphatic heterocycles. The van der Waals surface area contributed by atoms with E-state index in [0.29, 0.717) is 17.9 Å². The van der Waals surface area contributed by atoms with Gasteiger partial charge in [-0.1, -0.05) is 26.0 Å². The van der Waals surface area contributed by atoms with Crippen molar-refractivity contribution in [2.24, 2.45) is 11.7 Å². The zero-order valence-electron chi connectivity index (χ0n) is 19.6. The van der Waals surface area contributed by atoms with E-state index >= 15 is 0 Å². The van der Waals surface area contributed by atoms with Crippen LogP contribution in [0.3, 0.4) is 0 Å². The first-order valence-electron chi connectivity index (χ1n) is 11.3. The van der Waals surface area contributed by atoms with Crippen LogP contribution in [0.2, 0.25) is 0 Å². The van der Waals surface area contributed by atoms with Gasteiger partial charge in [0.2, 0.25) is 11.6 Å². The number of phenolic OH excluding ortho intramolecular Hbond substituents is 1. The number of ether oxygens (including phenoxy) is 1. The Kier molecular flexibility index (Phi) is 7.28. The molecule has 36 heavy (non-hydrogen) atoms. The number of carbonyl (C=O) groups is 2. The Morgan fingerprint density at radius 2 is 1.81 bits per heavy atom. The van der Waals surface area contributed by atoms with E-state index in [1.54, 1.807) is 38.1 Å². The molecular weight excluding hydrogens is 472 g/mol. The number of benzene rings is 1. The third-order valence-corrected chi connectivity index (χ3v) is 6.15. The summed E-state index contributed by atoms with van der Waals surface area (Å²) in [7, 11) is 0. The molecule has 1 aromatic carbocycles. The topological polar surface area (TPSA) is 206 Å². The minimum Gasteiger partial charge on any atom is -0.508 e. The van der Waals surface area contributed by atoms with Gasteiger partial charge in [-0.25, -0.2) is 15.0 Å². The van der Waals surface area contributed by atoms with Crippen molar-refractivity contribution in [2.75, 3.05) is 5.32 Å². The molecule has 192 valence electrons. The number of hydrogen-bond acceptors (Lipinski definition) is 12. The molecular formula is C23H28N6O7. The van der Waals surface area contributed by atoms with Gasteiger partial charge in [-0.15, -0.1) is 0 Å². The summed E-state index contributed by atoms with van der Waals surface area (Å²) >= 11 is 0. The number of aliphatic hydroxyl groups is 3. The molecule has 0 amide bonds. The highest BCUT2D eigenvalue weighted by molar-refractivity contribution is 6.40. The normalized spacial score (nSPS) is 23.6. The fourth-order valence-electron chi connectivity index (χ4n) is 3.91. The number of rotatable bonds is 9. The van der Waals surface area contributed by atoms with Crippen LogP contribution in [0.25, 0.3) is 11.2 Å². The summed E-state index contributed by atoms with van der Waals surface area (Å²) in [5, 5.41) is 44.2. The average molecular weight is 501 g/mol. The van der Waals surface area contributed by atoms with Crippen LogP contribution in [0.4, 0.5) is 5.82 Å². The molecule has 1 aliphatic rings. The largest absolute Gasteiger partial charge is 0.508 e. The van der Waals surface area contributed by atoms with Gasteiger partial charge in [-0.2, -0.15) is 0 Å². The van der Waals surface area contributed by atoms with E-state index in [1.807, 2.05) is 0 Å². The highest BCUT2D eigenvalue weighted by Gasteiger charge is 2.50. The SMILES string of the molecule is CC(C)[C@H](N)C(=O)C(=O)C(O)[C@H]1O[C@@H](n2cnc3c(NCc4ccc(O)cc4)ncnc32)[C@H](O)[C@@H]1O. The lowest BCUT2D eigenvalue weighted by atomic mass is 9.93. The van der Waals surface area contributed by atoms with Crippen LogP contribution < -0.4 is 11.1 Å². The lowest BCUT2D eigenvalue weighted by molar-refractivity contribution is -0.151. The van der Waals surface area contributed by atoms with E-state index in [4.69, 9.17) is 10.5 Å². The van der Waals surface area contributed by atoms with Gasteiger partial charge in [0, 0.05) is 6.54 Å². The number of nitrogens with one attached hydrogen (secondary N) is 1. The van der Waals surface area contributed by atoms with Gasteiger partial charge in [0.15, 0.2) is 23.2 Å². The van der Waals surface area contributed by atoms with Gasteiger partial charge < -0.3 is 36.2 Å². The smallest absolute Gasteiger partial charge is 0.231 e. The number of carbonyl (C=O) groups excluding carboxylic acids is 2. The molecule has 3 heterocycles. The molecule has 0 aliphatic carbocycles. The average Bonchev–Trinajstić information content (AvgIpc) is 3.43. The van der Waals surface area contributed by atoms with E-state index in [-0.39, 0.29) is 17.3 Å². The number of anilines is 1. The second-order valence-electron chi connectivity index (χ2n) is 8.98. The molecule has 2 aromatic heterocycles. The zero-order valence-corrected chi connectivity index (χ0v) is 19.6. The number of aromatic nitrogens is 4. The molecule has 6 atom stereocenters. The Morgan fingerprint density at radius 3 is 2.47 bits per heavy atom. The third kappa shape index (κ3) is 4.79. The number of aliphatic hydroxyl groups excluding tert-OH is 3. The molecule has 0 bridgehead atoms. The Hall–Kier alpha value is -3.49. The van der Waals surface area contributed by atoms with Gasteiger partial charge >= 0.3 is 0 Å². The highest BCUT2D eigenvalue weighted by atomic mass is 16.6. The van der Waals surface area contributed by atoms with E-state index in [0.717, 1.165) is 5.56 Å². The molecule has 1 fully saturated rings. The molecule has 4 rings (SSSR count). The molecule has 1 saturated heterocycles. The molecule has 3 aromatic rings. The molecule has 0 radical (unpaired) electrons. The summed E-state index contributed by atoms with van der Waals surface area (Å²) in [5.41, 5.74) is 7.22. The quantitative estimate of drug-likeness (QED) is 0.201. The number of imidazole rings is 1. The van der Waals surface area contributed by atoms with Crippen LogP contribution in [-0.2, 0) is 20.9 Å². The first-order chi connectivity index (χ1) is 17.1. The molecule has 13 heteroatoms. The van der Waals surface area contributed by atoms with Crippen LogP contribution >= 0.6 is 0 Å². The van der Waals surface area contributed by atoms with Crippen molar-refractivity contribution in [1.82, 2.24) is 19.5 Å². The number of aromatic hydroxyl groups is 1. The number of Topliss-reactive ketones (excluding diaryl/α,β-unsaturated/α-hetero) is 2.